The second kappa shape index (κ2) is 14.2. The van der Waals surface area contributed by atoms with Crippen molar-refractivity contribution in [2.75, 3.05) is 14.2 Å². The summed E-state index contributed by atoms with van der Waals surface area (Å²) in [6.45, 7) is 7.26. The molecule has 4 aromatic carbocycles. The van der Waals surface area contributed by atoms with Gasteiger partial charge in [0, 0.05) is 62.5 Å². The van der Waals surface area contributed by atoms with Gasteiger partial charge in [-0.3, -0.25) is 14.7 Å². The van der Waals surface area contributed by atoms with E-state index in [1.165, 1.54) is 38.8 Å². The molecule has 0 saturated carbocycles. The molecule has 0 N–H and O–H groups in total. The maximum Gasteiger partial charge on any atom is 0.249 e. The van der Waals surface area contributed by atoms with Gasteiger partial charge in [-0.2, -0.15) is 0 Å². The van der Waals surface area contributed by atoms with E-state index in [1.807, 2.05) is 74.9 Å². The summed E-state index contributed by atoms with van der Waals surface area (Å²) in [5.41, 5.74) is 4.81. The van der Waals surface area contributed by atoms with Crippen molar-refractivity contribution in [1.29, 1.82) is 0 Å². The third-order valence-corrected chi connectivity index (χ3v) is 8.85. The molecule has 0 radical (unpaired) electrons. The minimum Gasteiger partial charge on any atom is -0.497 e. The summed E-state index contributed by atoms with van der Waals surface area (Å²) in [7, 11) is 9.14. The third-order valence-electron chi connectivity index (χ3n) is 7.92. The van der Waals surface area contributed by atoms with Crippen LogP contribution in [0.2, 0.25) is 0 Å². The van der Waals surface area contributed by atoms with Gasteiger partial charge in [0.1, 0.15) is 11.5 Å². The maximum absolute atomic E-state index is 7.26. The maximum atomic E-state index is 7.26. The van der Waals surface area contributed by atoms with Gasteiger partial charge >= 0.3 is 0 Å². The van der Waals surface area contributed by atoms with Gasteiger partial charge in [-0.05, 0) is 53.6 Å². The minimum absolute atomic E-state index is 0.454. The minimum atomic E-state index is 0.454. The largest absolute Gasteiger partial charge is 0.497 e. The van der Waals surface area contributed by atoms with Crippen molar-refractivity contribution >= 4 is 73.0 Å². The van der Waals surface area contributed by atoms with Crippen LogP contribution < -0.4 is 15.6 Å². The number of benzene rings is 4. The molecule has 0 fully saturated rings. The van der Waals surface area contributed by atoms with Crippen molar-refractivity contribution in [2.24, 2.45) is 46.3 Å². The summed E-state index contributed by atoms with van der Waals surface area (Å²) in [5, 5.41) is 14.9. The fourth-order valence-electron chi connectivity index (χ4n) is 5.36. The van der Waals surface area contributed by atoms with E-state index in [9.17, 15) is 0 Å². The third kappa shape index (κ3) is 6.47. The number of amidine groups is 1. The molecule has 0 saturated heterocycles. The fraction of sp³-hybridized carbons (Fsp3) is 0.135. The highest BCUT2D eigenvalue weighted by molar-refractivity contribution is 8.28. The Hall–Kier alpha value is -5.99. The van der Waals surface area contributed by atoms with Gasteiger partial charge in [-0.25, -0.2) is 9.84 Å². The number of hydrogen-bond acceptors (Lipinski definition) is 6. The number of aryl methyl sites for hydroxylation is 2. The average Bonchev–Trinajstić information content (AvgIpc) is 3.77. The molecule has 10 nitrogen and oxygen atoms in total. The van der Waals surface area contributed by atoms with Crippen molar-refractivity contribution in [2.45, 2.75) is 0 Å². The summed E-state index contributed by atoms with van der Waals surface area (Å²) in [5.74, 6) is 0.838. The zero-order valence-electron chi connectivity index (χ0n) is 27.2. The zero-order valence-corrected chi connectivity index (χ0v) is 28.1. The van der Waals surface area contributed by atoms with Crippen molar-refractivity contribution in [3.05, 3.63) is 125 Å². The van der Waals surface area contributed by atoms with Crippen LogP contribution in [0.25, 0.3) is 32.6 Å². The first-order valence-electron chi connectivity index (χ1n) is 15.1. The number of methoxy groups -OCH3 is 1. The van der Waals surface area contributed by atoms with Gasteiger partial charge in [-0.1, -0.05) is 60.7 Å². The Kier molecular flexibility index (Phi) is 9.45. The first kappa shape index (κ1) is 32.0. The molecule has 1 aliphatic rings. The van der Waals surface area contributed by atoms with Crippen LogP contribution in [-0.2, 0) is 21.1 Å². The molecule has 1 aliphatic heterocycles. The van der Waals surface area contributed by atoms with Gasteiger partial charge in [0.05, 0.1) is 24.7 Å². The summed E-state index contributed by atoms with van der Waals surface area (Å²) < 4.78 is 10.9. The van der Waals surface area contributed by atoms with Crippen LogP contribution in [0.15, 0.2) is 122 Å². The quantitative estimate of drug-likeness (QED) is 0.120. The van der Waals surface area contributed by atoms with Gasteiger partial charge in [0.25, 0.3) is 0 Å². The molecule has 3 heterocycles. The van der Waals surface area contributed by atoms with E-state index in [4.69, 9.17) is 11.3 Å². The van der Waals surface area contributed by atoms with Crippen LogP contribution in [0.1, 0.15) is 5.56 Å². The molecule has 6 aromatic rings. The lowest BCUT2D eigenvalue weighted by molar-refractivity contribution is 0.415. The van der Waals surface area contributed by atoms with Crippen LogP contribution in [0.3, 0.4) is 0 Å². The lowest BCUT2D eigenvalue weighted by Crippen LogP contribution is -2.18. The van der Waals surface area contributed by atoms with Gasteiger partial charge in [0.15, 0.2) is 15.7 Å². The van der Waals surface area contributed by atoms with Gasteiger partial charge in [-0.15, -0.1) is 10.2 Å². The molecule has 11 heteroatoms. The molecule has 0 aliphatic carbocycles. The van der Waals surface area contributed by atoms with Gasteiger partial charge in [0.2, 0.25) is 5.69 Å². The van der Waals surface area contributed by atoms with E-state index in [1.54, 1.807) is 29.7 Å². The topological polar surface area (TPSA) is 90.2 Å². The van der Waals surface area contributed by atoms with E-state index in [2.05, 4.69) is 84.1 Å². The van der Waals surface area contributed by atoms with Crippen LogP contribution in [0, 0.1) is 6.57 Å². The van der Waals surface area contributed by atoms with Crippen molar-refractivity contribution in [3.63, 3.8) is 0 Å². The fourth-order valence-corrected chi connectivity index (χ4v) is 6.10. The van der Waals surface area contributed by atoms with Crippen molar-refractivity contribution in [3.8, 4) is 5.75 Å². The number of ether oxygens (including phenoxy) is 1. The molecule has 0 atom stereocenters. The Labute approximate surface area is 282 Å². The SMILES string of the molecule is COc1ccc(N=C/C=c2/c3cccc4cccc(c43)n2C)cc1.[C-]#[N+]c1cn(C)n(C)/c1=N\N=C1/SC(=NC)N=C1c1ccccc1. The highest BCUT2D eigenvalue weighted by Gasteiger charge is 2.23. The van der Waals surface area contributed by atoms with E-state index < -0.39 is 0 Å². The Morgan fingerprint density at radius 2 is 1.65 bits per heavy atom. The molecule has 0 spiro atoms. The Morgan fingerprint density at radius 1 is 0.896 bits per heavy atom. The van der Waals surface area contributed by atoms with Crippen LogP contribution >= 0.6 is 11.8 Å². The van der Waals surface area contributed by atoms with Crippen LogP contribution in [0.4, 0.5) is 11.4 Å². The molecule has 2 aromatic heterocycles. The number of thioether (sulfide) groups is 1. The van der Waals surface area contributed by atoms with E-state index >= 15 is 0 Å². The number of nitrogens with zero attached hydrogens (tertiary/aromatic N) is 9. The van der Waals surface area contributed by atoms with Gasteiger partial charge < -0.3 is 14.0 Å². The molecule has 48 heavy (non-hydrogen) atoms. The smallest absolute Gasteiger partial charge is 0.249 e. The molecule has 0 unspecified atom stereocenters. The van der Waals surface area contributed by atoms with Crippen molar-refractivity contribution < 1.29 is 4.74 Å². The molecule has 0 amide bonds. The predicted octanol–water partition coefficient (Wildman–Crippen LogP) is 6.59. The highest BCUT2D eigenvalue weighted by atomic mass is 32.2. The number of aromatic nitrogens is 3. The monoisotopic (exact) mass is 651 g/mol. The number of hydrogen-bond donors (Lipinski definition) is 0. The van der Waals surface area contributed by atoms with Crippen molar-refractivity contribution in [1.82, 2.24) is 13.9 Å². The number of rotatable bonds is 5. The summed E-state index contributed by atoms with van der Waals surface area (Å²) in [4.78, 5) is 16.7. The van der Waals surface area contributed by atoms with E-state index in [0.717, 1.165) is 22.7 Å². The lowest BCUT2D eigenvalue weighted by Gasteiger charge is -2.00. The summed E-state index contributed by atoms with van der Waals surface area (Å²) >= 11 is 1.37. The standard InChI is InChI=1S/C21H18N2O.C16H15N7S/c1-23-19(13-14-22-16-9-11-17(24-2)12-10-16)18-7-3-5-15-6-4-8-20(23)21(15)18;1-17-12-10-22(3)23(4)14(12)20-21-15-13(19-16(18-2)24-15)11-8-6-5-7-9-11/h3-14H,1-2H3;5-10H,2-4H3/b19-13-,22-14?;18-16?,20-14-,21-15-. The summed E-state index contributed by atoms with van der Waals surface area (Å²) in [6.07, 6.45) is 5.65. The molecule has 238 valence electrons. The van der Waals surface area contributed by atoms with Crippen LogP contribution in [0.5, 0.6) is 5.75 Å². The Morgan fingerprint density at radius 3 is 2.35 bits per heavy atom. The Bertz CT molecular complexity index is 2400. The number of aliphatic imine (C=N–C) groups is 3. The van der Waals surface area contributed by atoms with Crippen LogP contribution in [-0.4, -0.2) is 50.2 Å². The molecular weight excluding hydrogens is 619 g/mol. The Balaban J connectivity index is 0.000000167. The first-order valence-corrected chi connectivity index (χ1v) is 15.9. The molecule has 7 rings (SSSR count). The predicted molar refractivity (Wildman–Crippen MR) is 199 cm³/mol. The summed E-state index contributed by atoms with van der Waals surface area (Å²) in [6, 6.07) is 30.4. The molecule has 0 bridgehead atoms. The van der Waals surface area contributed by atoms with E-state index in [0.29, 0.717) is 21.4 Å². The highest BCUT2D eigenvalue weighted by Crippen LogP contribution is 2.25. The zero-order chi connectivity index (χ0) is 33.6. The normalized spacial score (nSPS) is 15.5. The second-order valence-corrected chi connectivity index (χ2v) is 11.7. The average molecular weight is 652 g/mol. The lowest BCUT2D eigenvalue weighted by atomic mass is 10.1. The first-order chi connectivity index (χ1) is 23.4. The second-order valence-electron chi connectivity index (χ2n) is 10.8. The molecular formula is C37H33N9OS. The van der Waals surface area contributed by atoms with E-state index in [-0.39, 0.29) is 0 Å².